The van der Waals surface area contributed by atoms with E-state index < -0.39 is 0 Å². The summed E-state index contributed by atoms with van der Waals surface area (Å²) in [6.45, 7) is 1.92. The number of ether oxygens (including phenoxy) is 1. The highest BCUT2D eigenvalue weighted by molar-refractivity contribution is 5.93. The summed E-state index contributed by atoms with van der Waals surface area (Å²) in [5.74, 6) is 1.31. The molecule has 162 valence electrons. The number of nitrogens with one attached hydrogen (secondary N) is 1. The molecule has 1 aromatic heterocycles. The third kappa shape index (κ3) is 4.78. The summed E-state index contributed by atoms with van der Waals surface area (Å²) in [5.41, 5.74) is 8.90. The second-order valence-electron chi connectivity index (χ2n) is 7.27. The standard InChI is InChI=1S/C25H23FN4O2/c1-16(18-8-13-21(22(26)14-18)17-6-4-3-5-7-17)23-15-24(30-32-23)29-25(27)28-19-9-11-20(31-2)12-10-19/h3-16H,1-2H3,(H3,27,28,29,30). The molecule has 7 heteroatoms. The largest absolute Gasteiger partial charge is 0.497 e. The van der Waals surface area contributed by atoms with Crippen LogP contribution in [0.5, 0.6) is 5.75 Å². The van der Waals surface area contributed by atoms with Crippen LogP contribution in [0.15, 0.2) is 88.4 Å². The Morgan fingerprint density at radius 3 is 2.50 bits per heavy atom. The van der Waals surface area contributed by atoms with E-state index in [1.54, 1.807) is 19.2 Å². The van der Waals surface area contributed by atoms with Gasteiger partial charge in [-0.05, 0) is 41.5 Å². The van der Waals surface area contributed by atoms with Gasteiger partial charge < -0.3 is 20.3 Å². The van der Waals surface area contributed by atoms with E-state index in [0.717, 1.165) is 22.6 Å². The highest BCUT2D eigenvalue weighted by Crippen LogP contribution is 2.30. The van der Waals surface area contributed by atoms with Gasteiger partial charge in [0.25, 0.3) is 0 Å². The van der Waals surface area contributed by atoms with E-state index in [1.165, 1.54) is 6.07 Å². The molecule has 0 amide bonds. The number of nitrogens with zero attached hydrogens (tertiary/aromatic N) is 2. The Kier molecular flexibility index (Phi) is 6.17. The van der Waals surface area contributed by atoms with Gasteiger partial charge in [0, 0.05) is 23.2 Å². The summed E-state index contributed by atoms with van der Waals surface area (Å²) in [6, 6.07) is 23.6. The molecule has 4 aromatic rings. The molecule has 0 saturated heterocycles. The molecule has 0 saturated carbocycles. The Morgan fingerprint density at radius 2 is 1.81 bits per heavy atom. The van der Waals surface area contributed by atoms with Crippen molar-refractivity contribution in [2.45, 2.75) is 12.8 Å². The van der Waals surface area contributed by atoms with Gasteiger partial charge in [-0.3, -0.25) is 0 Å². The zero-order chi connectivity index (χ0) is 22.5. The van der Waals surface area contributed by atoms with E-state index in [-0.39, 0.29) is 17.7 Å². The van der Waals surface area contributed by atoms with Crippen molar-refractivity contribution in [1.29, 1.82) is 0 Å². The number of hydrogen-bond donors (Lipinski definition) is 2. The molecule has 0 fully saturated rings. The molecular formula is C25H23FN4O2. The number of nitrogens with two attached hydrogens (primary N) is 1. The fourth-order valence-corrected chi connectivity index (χ4v) is 3.33. The number of guanidine groups is 1. The lowest BCUT2D eigenvalue weighted by molar-refractivity contribution is 0.377. The fourth-order valence-electron chi connectivity index (χ4n) is 3.33. The first-order valence-electron chi connectivity index (χ1n) is 10.1. The molecule has 0 aliphatic heterocycles. The van der Waals surface area contributed by atoms with Crippen LogP contribution in [0.3, 0.4) is 0 Å². The van der Waals surface area contributed by atoms with Crippen molar-refractivity contribution in [3.8, 4) is 16.9 Å². The van der Waals surface area contributed by atoms with Gasteiger partial charge in [0.1, 0.15) is 17.3 Å². The molecule has 3 aromatic carbocycles. The van der Waals surface area contributed by atoms with Crippen LogP contribution < -0.4 is 15.8 Å². The lowest BCUT2D eigenvalue weighted by Gasteiger charge is -2.10. The van der Waals surface area contributed by atoms with Gasteiger partial charge in [0.2, 0.25) is 0 Å². The van der Waals surface area contributed by atoms with E-state index in [0.29, 0.717) is 17.1 Å². The third-order valence-electron chi connectivity index (χ3n) is 5.12. The van der Waals surface area contributed by atoms with Crippen LogP contribution in [0.25, 0.3) is 11.1 Å². The predicted molar refractivity (Wildman–Crippen MR) is 124 cm³/mol. The van der Waals surface area contributed by atoms with Crippen molar-refractivity contribution < 1.29 is 13.7 Å². The molecule has 32 heavy (non-hydrogen) atoms. The summed E-state index contributed by atoms with van der Waals surface area (Å²) < 4.78 is 25.3. The van der Waals surface area contributed by atoms with Crippen molar-refractivity contribution in [2.24, 2.45) is 10.7 Å². The molecule has 0 aliphatic rings. The summed E-state index contributed by atoms with van der Waals surface area (Å²) in [7, 11) is 1.60. The SMILES string of the molecule is COc1ccc(NC(N)=Nc2cc(C(C)c3ccc(-c4ccccc4)c(F)c3)on2)cc1. The molecule has 0 bridgehead atoms. The van der Waals surface area contributed by atoms with Gasteiger partial charge in [0.05, 0.1) is 7.11 Å². The van der Waals surface area contributed by atoms with Gasteiger partial charge in [-0.25, -0.2) is 4.39 Å². The van der Waals surface area contributed by atoms with Crippen LogP contribution in [-0.4, -0.2) is 18.2 Å². The van der Waals surface area contributed by atoms with Crippen LogP contribution in [-0.2, 0) is 0 Å². The van der Waals surface area contributed by atoms with E-state index >= 15 is 0 Å². The maximum Gasteiger partial charge on any atom is 0.199 e. The molecule has 0 spiro atoms. The number of aromatic nitrogens is 1. The van der Waals surface area contributed by atoms with E-state index in [4.69, 9.17) is 15.0 Å². The molecular weight excluding hydrogens is 407 g/mol. The van der Waals surface area contributed by atoms with Crippen molar-refractivity contribution in [3.63, 3.8) is 0 Å². The lowest BCUT2D eigenvalue weighted by Crippen LogP contribution is -2.21. The molecule has 0 aliphatic carbocycles. The maximum absolute atomic E-state index is 14.7. The molecule has 0 radical (unpaired) electrons. The fraction of sp³-hybridized carbons (Fsp3) is 0.120. The number of halogens is 1. The first-order chi connectivity index (χ1) is 15.5. The first kappa shape index (κ1) is 21.1. The van der Waals surface area contributed by atoms with Crippen molar-refractivity contribution in [2.75, 3.05) is 12.4 Å². The average Bonchev–Trinajstić information content (AvgIpc) is 3.27. The molecule has 1 atom stereocenters. The summed E-state index contributed by atoms with van der Waals surface area (Å²) in [4.78, 5) is 4.24. The third-order valence-corrected chi connectivity index (χ3v) is 5.12. The predicted octanol–water partition coefficient (Wildman–Crippen LogP) is 5.70. The number of methoxy groups -OCH3 is 1. The first-order valence-corrected chi connectivity index (χ1v) is 10.1. The highest BCUT2D eigenvalue weighted by Gasteiger charge is 2.17. The average molecular weight is 430 g/mol. The lowest BCUT2D eigenvalue weighted by atomic mass is 9.95. The van der Waals surface area contributed by atoms with Crippen LogP contribution >= 0.6 is 0 Å². The van der Waals surface area contributed by atoms with Gasteiger partial charge >= 0.3 is 0 Å². The Morgan fingerprint density at radius 1 is 1.06 bits per heavy atom. The van der Waals surface area contributed by atoms with Gasteiger partial charge in [-0.1, -0.05) is 54.5 Å². The summed E-state index contributed by atoms with van der Waals surface area (Å²) in [6.07, 6.45) is 0. The van der Waals surface area contributed by atoms with Gasteiger partial charge in [-0.15, -0.1) is 0 Å². The van der Waals surface area contributed by atoms with E-state index in [2.05, 4.69) is 15.5 Å². The molecule has 4 rings (SSSR count). The second-order valence-corrected chi connectivity index (χ2v) is 7.27. The number of anilines is 1. The topological polar surface area (TPSA) is 85.7 Å². The van der Waals surface area contributed by atoms with Crippen LogP contribution in [0.4, 0.5) is 15.9 Å². The second kappa shape index (κ2) is 9.34. The summed E-state index contributed by atoms with van der Waals surface area (Å²) >= 11 is 0. The summed E-state index contributed by atoms with van der Waals surface area (Å²) in [5, 5.41) is 6.95. The number of aliphatic imine (C=N–C) groups is 1. The quantitative estimate of drug-likeness (QED) is 0.303. The monoisotopic (exact) mass is 430 g/mol. The minimum absolute atomic E-state index is 0.168. The molecule has 1 unspecified atom stereocenters. The number of hydrogen-bond acceptors (Lipinski definition) is 4. The minimum Gasteiger partial charge on any atom is -0.497 e. The Hall–Kier alpha value is -4.13. The van der Waals surface area contributed by atoms with Gasteiger partial charge in [0.15, 0.2) is 11.8 Å². The van der Waals surface area contributed by atoms with Crippen molar-refractivity contribution >= 4 is 17.5 Å². The number of benzene rings is 3. The van der Waals surface area contributed by atoms with Gasteiger partial charge in [-0.2, -0.15) is 4.99 Å². The Bertz CT molecular complexity index is 1220. The maximum atomic E-state index is 14.7. The van der Waals surface area contributed by atoms with Crippen molar-refractivity contribution in [1.82, 2.24) is 5.16 Å². The van der Waals surface area contributed by atoms with Crippen LogP contribution in [0, 0.1) is 5.82 Å². The molecule has 6 nitrogen and oxygen atoms in total. The number of rotatable bonds is 6. The molecule has 3 N–H and O–H groups in total. The molecule has 1 heterocycles. The Balaban J connectivity index is 1.47. The van der Waals surface area contributed by atoms with Crippen LogP contribution in [0.2, 0.25) is 0 Å². The normalized spacial score (nSPS) is 12.4. The smallest absolute Gasteiger partial charge is 0.199 e. The van der Waals surface area contributed by atoms with E-state index in [1.807, 2.05) is 67.6 Å². The zero-order valence-corrected chi connectivity index (χ0v) is 17.7. The minimum atomic E-state index is -0.286. The van der Waals surface area contributed by atoms with Crippen LogP contribution in [0.1, 0.15) is 24.2 Å². The van der Waals surface area contributed by atoms with E-state index in [9.17, 15) is 4.39 Å². The zero-order valence-electron chi connectivity index (χ0n) is 17.7. The van der Waals surface area contributed by atoms with Crippen molar-refractivity contribution in [3.05, 3.63) is 96.0 Å². The Labute approximate surface area is 185 Å². The highest BCUT2D eigenvalue weighted by atomic mass is 19.1.